The van der Waals surface area contributed by atoms with Gasteiger partial charge in [-0.15, -0.1) is 0 Å². The highest BCUT2D eigenvalue weighted by Gasteiger charge is 2.34. The molecule has 0 saturated heterocycles. The van der Waals surface area contributed by atoms with Gasteiger partial charge < -0.3 is 5.32 Å². The van der Waals surface area contributed by atoms with E-state index in [9.17, 15) is 32.4 Å². The lowest BCUT2D eigenvalue weighted by atomic mass is 10.1. The van der Waals surface area contributed by atoms with Crippen LogP contribution in [0.25, 0.3) is 5.69 Å². The number of amides is 1. The normalized spacial score (nSPS) is 12.1. The third-order valence-corrected chi connectivity index (χ3v) is 4.38. The van der Waals surface area contributed by atoms with Crippen molar-refractivity contribution in [3.63, 3.8) is 0 Å². The van der Waals surface area contributed by atoms with E-state index in [-0.39, 0.29) is 16.9 Å². The number of para-hydroxylation sites is 1. The van der Waals surface area contributed by atoms with E-state index in [0.717, 1.165) is 28.9 Å². The Hall–Kier alpha value is -4.00. The predicted octanol–water partition coefficient (Wildman–Crippen LogP) is 3.69. The molecule has 0 aliphatic heterocycles. The van der Waals surface area contributed by atoms with E-state index in [1.807, 2.05) is 0 Å². The summed E-state index contributed by atoms with van der Waals surface area (Å²) in [5.41, 5.74) is -3.06. The average molecular weight is 430 g/mol. The van der Waals surface area contributed by atoms with Crippen molar-refractivity contribution in [3.05, 3.63) is 93.2 Å². The first kappa shape index (κ1) is 21.7. The molecule has 158 valence electrons. The molecule has 3 aromatic rings. The molecule has 1 unspecified atom stereocenters. The fraction of sp³-hybridized carbons (Fsp3) is 0.143. The van der Waals surface area contributed by atoms with E-state index in [0.29, 0.717) is 0 Å². The number of alkyl halides is 3. The highest BCUT2D eigenvalue weighted by atomic mass is 19.4. The van der Waals surface area contributed by atoms with Crippen LogP contribution in [-0.2, 0) is 6.18 Å². The fourth-order valence-corrected chi connectivity index (χ4v) is 2.93. The van der Waals surface area contributed by atoms with E-state index in [1.54, 1.807) is 6.07 Å². The number of carbonyl (C=O) groups excluding carboxylic acids is 1. The number of aryl methyl sites for hydroxylation is 1. The van der Waals surface area contributed by atoms with Crippen LogP contribution < -0.4 is 10.7 Å². The second kappa shape index (κ2) is 8.39. The van der Waals surface area contributed by atoms with Gasteiger partial charge in [0.05, 0.1) is 17.3 Å². The molecule has 1 atom stereocenters. The zero-order valence-electron chi connectivity index (χ0n) is 15.9. The van der Waals surface area contributed by atoms with Gasteiger partial charge in [0.15, 0.2) is 5.69 Å². The summed E-state index contributed by atoms with van der Waals surface area (Å²) in [5, 5.41) is 15.3. The number of aromatic nitrogens is 2. The quantitative estimate of drug-likeness (QED) is 0.640. The maximum atomic E-state index is 14.0. The van der Waals surface area contributed by atoms with Crippen molar-refractivity contribution < 1.29 is 22.4 Å². The molecule has 10 heteroatoms. The van der Waals surface area contributed by atoms with Gasteiger partial charge in [0.2, 0.25) is 5.43 Å². The summed E-state index contributed by atoms with van der Waals surface area (Å²) in [5.74, 6) is -1.87. The van der Waals surface area contributed by atoms with Gasteiger partial charge in [0.1, 0.15) is 11.9 Å². The number of nitrogens with zero attached hydrogens (tertiary/aromatic N) is 3. The van der Waals surface area contributed by atoms with Crippen LogP contribution in [0.15, 0.2) is 59.4 Å². The minimum absolute atomic E-state index is 0.0594. The van der Waals surface area contributed by atoms with Crippen molar-refractivity contribution >= 4 is 5.91 Å². The Bertz CT molecular complexity index is 1250. The second-order valence-electron chi connectivity index (χ2n) is 6.48. The standard InChI is InChI=1S/C21H14F4N4O2/c1-12-10-18(30)19(20(31)27-16(11-26)13-6-2-4-8-15(13)22)28-29(12)17-9-5-3-7-14(17)21(23,24)25/h2-10,16H,1H3,(H,27,31). The van der Waals surface area contributed by atoms with E-state index in [2.05, 4.69) is 10.4 Å². The first-order chi connectivity index (χ1) is 14.6. The van der Waals surface area contributed by atoms with Crippen molar-refractivity contribution in [2.75, 3.05) is 0 Å². The van der Waals surface area contributed by atoms with Gasteiger partial charge in [-0.25, -0.2) is 9.07 Å². The molecular weight excluding hydrogens is 416 g/mol. The monoisotopic (exact) mass is 430 g/mol. The van der Waals surface area contributed by atoms with Gasteiger partial charge in [-0.2, -0.15) is 23.5 Å². The number of benzene rings is 2. The summed E-state index contributed by atoms with van der Waals surface area (Å²) in [4.78, 5) is 24.9. The maximum absolute atomic E-state index is 14.0. The van der Waals surface area contributed by atoms with Gasteiger partial charge in [0, 0.05) is 17.3 Å². The van der Waals surface area contributed by atoms with Crippen molar-refractivity contribution in [1.82, 2.24) is 15.1 Å². The summed E-state index contributed by atoms with van der Waals surface area (Å²) < 4.78 is 55.0. The van der Waals surface area contributed by atoms with Gasteiger partial charge >= 0.3 is 6.18 Å². The summed E-state index contributed by atoms with van der Waals surface area (Å²) in [6, 6.07) is 11.0. The summed E-state index contributed by atoms with van der Waals surface area (Å²) in [6.07, 6.45) is -4.70. The van der Waals surface area contributed by atoms with Crippen molar-refractivity contribution in [2.24, 2.45) is 0 Å². The molecule has 1 amide bonds. The Morgan fingerprint density at radius 1 is 1.16 bits per heavy atom. The molecule has 1 heterocycles. The van der Waals surface area contributed by atoms with E-state index >= 15 is 0 Å². The molecule has 0 fully saturated rings. The molecule has 1 aromatic heterocycles. The van der Waals surface area contributed by atoms with Crippen LogP contribution in [0.3, 0.4) is 0 Å². The van der Waals surface area contributed by atoms with Gasteiger partial charge in [0.25, 0.3) is 5.91 Å². The number of halogens is 4. The summed E-state index contributed by atoms with van der Waals surface area (Å²) in [7, 11) is 0. The average Bonchev–Trinajstić information content (AvgIpc) is 2.72. The third-order valence-electron chi connectivity index (χ3n) is 4.38. The Kier molecular flexibility index (Phi) is 5.88. The van der Waals surface area contributed by atoms with E-state index < -0.39 is 40.6 Å². The largest absolute Gasteiger partial charge is 0.418 e. The van der Waals surface area contributed by atoms with Crippen molar-refractivity contribution in [2.45, 2.75) is 19.1 Å². The van der Waals surface area contributed by atoms with E-state index in [1.165, 1.54) is 37.3 Å². The Balaban J connectivity index is 2.05. The summed E-state index contributed by atoms with van der Waals surface area (Å²) >= 11 is 0. The number of rotatable bonds is 4. The Morgan fingerprint density at radius 3 is 2.45 bits per heavy atom. The smallest absolute Gasteiger partial charge is 0.331 e. The number of nitriles is 1. The van der Waals surface area contributed by atoms with Gasteiger partial charge in [-0.1, -0.05) is 30.3 Å². The van der Waals surface area contributed by atoms with Crippen LogP contribution >= 0.6 is 0 Å². The SMILES string of the molecule is Cc1cc(=O)c(C(=O)NC(C#N)c2ccccc2F)nn1-c1ccccc1C(F)(F)F. The van der Waals surface area contributed by atoms with Crippen LogP contribution in [0.4, 0.5) is 17.6 Å². The zero-order valence-corrected chi connectivity index (χ0v) is 15.9. The molecule has 31 heavy (non-hydrogen) atoms. The molecular formula is C21H14F4N4O2. The number of nitrogens with one attached hydrogen (secondary N) is 1. The molecule has 2 aromatic carbocycles. The van der Waals surface area contributed by atoms with Crippen LogP contribution in [0.2, 0.25) is 0 Å². The zero-order chi connectivity index (χ0) is 22.8. The Morgan fingerprint density at radius 2 is 1.81 bits per heavy atom. The minimum atomic E-state index is -4.70. The van der Waals surface area contributed by atoms with Crippen molar-refractivity contribution in [3.8, 4) is 11.8 Å². The molecule has 6 nitrogen and oxygen atoms in total. The maximum Gasteiger partial charge on any atom is 0.418 e. The van der Waals surface area contributed by atoms with Crippen molar-refractivity contribution in [1.29, 1.82) is 5.26 Å². The number of carbonyl (C=O) groups is 1. The molecule has 0 radical (unpaired) electrons. The first-order valence-corrected chi connectivity index (χ1v) is 8.86. The van der Waals surface area contributed by atoms with Crippen LogP contribution in [0.1, 0.15) is 33.4 Å². The Labute approximate surface area is 173 Å². The summed E-state index contributed by atoms with van der Waals surface area (Å²) in [6.45, 7) is 1.36. The molecule has 0 aliphatic rings. The minimum Gasteiger partial charge on any atom is -0.331 e. The lowest BCUT2D eigenvalue weighted by molar-refractivity contribution is -0.137. The van der Waals surface area contributed by atoms with Gasteiger partial charge in [-0.3, -0.25) is 9.59 Å². The molecule has 0 bridgehead atoms. The van der Waals surface area contributed by atoms with E-state index in [4.69, 9.17) is 0 Å². The predicted molar refractivity (Wildman–Crippen MR) is 102 cm³/mol. The lowest BCUT2D eigenvalue weighted by Crippen LogP contribution is -2.34. The highest BCUT2D eigenvalue weighted by molar-refractivity contribution is 5.92. The van der Waals surface area contributed by atoms with Gasteiger partial charge in [-0.05, 0) is 25.1 Å². The topological polar surface area (TPSA) is 87.8 Å². The molecule has 0 aliphatic carbocycles. The highest BCUT2D eigenvalue weighted by Crippen LogP contribution is 2.33. The van der Waals surface area contributed by atoms with Crippen LogP contribution in [-0.4, -0.2) is 15.7 Å². The number of hydrogen-bond acceptors (Lipinski definition) is 4. The molecule has 3 rings (SSSR count). The second-order valence-corrected chi connectivity index (χ2v) is 6.48. The number of hydrogen-bond donors (Lipinski definition) is 1. The molecule has 0 saturated carbocycles. The first-order valence-electron chi connectivity index (χ1n) is 8.86. The molecule has 0 spiro atoms. The van der Waals surface area contributed by atoms with Crippen LogP contribution in [0.5, 0.6) is 0 Å². The fourth-order valence-electron chi connectivity index (χ4n) is 2.93. The lowest BCUT2D eigenvalue weighted by Gasteiger charge is -2.17. The third kappa shape index (κ3) is 4.45. The van der Waals surface area contributed by atoms with Crippen LogP contribution in [0, 0.1) is 24.1 Å². The molecule has 1 N–H and O–H groups in total.